The van der Waals surface area contributed by atoms with Crippen molar-refractivity contribution in [2.45, 2.75) is 6.92 Å². The van der Waals surface area contributed by atoms with Crippen molar-refractivity contribution in [3.63, 3.8) is 0 Å². The van der Waals surface area contributed by atoms with Gasteiger partial charge in [-0.1, -0.05) is 0 Å². The molecule has 1 aliphatic rings. The molecule has 1 fully saturated rings. The van der Waals surface area contributed by atoms with Gasteiger partial charge in [0.25, 0.3) is 5.91 Å². The highest BCUT2D eigenvalue weighted by atomic mass is 79.9. The zero-order chi connectivity index (χ0) is 12.4. The molecule has 5 heteroatoms. The third-order valence-corrected chi connectivity index (χ3v) is 3.42. The second kappa shape index (κ2) is 4.98. The number of nitrogens with one attached hydrogen (secondary N) is 2. The van der Waals surface area contributed by atoms with Gasteiger partial charge in [-0.3, -0.25) is 4.79 Å². The van der Waals surface area contributed by atoms with E-state index in [1.807, 2.05) is 0 Å². The summed E-state index contributed by atoms with van der Waals surface area (Å²) in [6.45, 7) is 3.28. The van der Waals surface area contributed by atoms with Crippen LogP contribution in [0.25, 0.3) is 0 Å². The number of hydrogen-bond acceptors (Lipinski definition) is 2. The largest absolute Gasteiger partial charge is 0.321 e. The van der Waals surface area contributed by atoms with Crippen LogP contribution in [0.5, 0.6) is 0 Å². The first kappa shape index (κ1) is 12.3. The summed E-state index contributed by atoms with van der Waals surface area (Å²) in [5.74, 6) is -0.563. The Kier molecular flexibility index (Phi) is 3.59. The number of benzene rings is 1. The van der Waals surface area contributed by atoms with Gasteiger partial charge in [-0.15, -0.1) is 0 Å². The van der Waals surface area contributed by atoms with Gasteiger partial charge in [0.15, 0.2) is 0 Å². The Balaban J connectivity index is 2.15. The maximum atomic E-state index is 13.0. The standard InChI is InChI=1S/C12H12BrFN2O/c1-7(8-5-15-6-8)12(17)16-11-4-9(14)2-3-10(11)13/h2-4,15H,5-6H2,1H3,(H,16,17). The van der Waals surface area contributed by atoms with Gasteiger partial charge in [0.1, 0.15) is 5.82 Å². The molecule has 1 heterocycles. The first-order valence-electron chi connectivity index (χ1n) is 5.23. The van der Waals surface area contributed by atoms with Crippen LogP contribution in [0.15, 0.2) is 33.8 Å². The minimum atomic E-state index is -0.376. The Bertz CT molecular complexity index is 493. The molecule has 0 unspecified atom stereocenters. The summed E-state index contributed by atoms with van der Waals surface area (Å²) in [4.78, 5) is 11.9. The molecule has 90 valence electrons. The van der Waals surface area contributed by atoms with Crippen molar-refractivity contribution in [3.8, 4) is 0 Å². The van der Waals surface area contributed by atoms with Crippen LogP contribution < -0.4 is 10.6 Å². The summed E-state index contributed by atoms with van der Waals surface area (Å²) >= 11 is 3.27. The normalized spacial score (nSPS) is 14.2. The van der Waals surface area contributed by atoms with Crippen LogP contribution in [-0.2, 0) is 4.79 Å². The third kappa shape index (κ3) is 2.73. The molecular formula is C12H12BrFN2O. The Hall–Kier alpha value is -1.20. The highest BCUT2D eigenvalue weighted by Gasteiger charge is 2.16. The van der Waals surface area contributed by atoms with Crippen LogP contribution in [0.4, 0.5) is 10.1 Å². The van der Waals surface area contributed by atoms with Gasteiger partial charge in [-0.2, -0.15) is 0 Å². The lowest BCUT2D eigenvalue weighted by molar-refractivity contribution is -0.112. The van der Waals surface area contributed by atoms with Crippen LogP contribution in [0.1, 0.15) is 6.92 Å². The average Bonchev–Trinajstić information content (AvgIpc) is 2.21. The van der Waals surface area contributed by atoms with Crippen LogP contribution in [-0.4, -0.2) is 19.0 Å². The number of amides is 1. The van der Waals surface area contributed by atoms with Crippen molar-refractivity contribution >= 4 is 27.5 Å². The topological polar surface area (TPSA) is 41.1 Å². The molecule has 1 aliphatic heterocycles. The average molecular weight is 299 g/mol. The van der Waals surface area contributed by atoms with Crippen molar-refractivity contribution in [2.24, 2.45) is 0 Å². The Morgan fingerprint density at radius 1 is 1.47 bits per heavy atom. The predicted octanol–water partition coefficient (Wildman–Crippen LogP) is 2.45. The molecule has 0 radical (unpaired) electrons. The van der Waals surface area contributed by atoms with E-state index in [-0.39, 0.29) is 11.7 Å². The fourth-order valence-corrected chi connectivity index (χ4v) is 1.83. The van der Waals surface area contributed by atoms with E-state index < -0.39 is 0 Å². The van der Waals surface area contributed by atoms with E-state index in [4.69, 9.17) is 0 Å². The second-order valence-electron chi connectivity index (χ2n) is 3.91. The lowest BCUT2D eigenvalue weighted by atomic mass is 10.0. The van der Waals surface area contributed by atoms with E-state index in [1.165, 1.54) is 12.1 Å². The van der Waals surface area contributed by atoms with E-state index in [2.05, 4.69) is 26.6 Å². The van der Waals surface area contributed by atoms with Gasteiger partial charge in [0, 0.05) is 23.1 Å². The van der Waals surface area contributed by atoms with E-state index in [9.17, 15) is 9.18 Å². The third-order valence-electron chi connectivity index (χ3n) is 2.72. The van der Waals surface area contributed by atoms with Gasteiger partial charge in [0.2, 0.25) is 0 Å². The lowest BCUT2D eigenvalue weighted by Gasteiger charge is -2.21. The molecule has 2 rings (SSSR count). The number of hydrogen-bond donors (Lipinski definition) is 2. The van der Waals surface area contributed by atoms with Crippen LogP contribution in [0, 0.1) is 5.82 Å². The molecule has 0 spiro atoms. The maximum absolute atomic E-state index is 13.0. The molecule has 0 atom stereocenters. The Morgan fingerprint density at radius 2 is 2.18 bits per heavy atom. The highest BCUT2D eigenvalue weighted by molar-refractivity contribution is 9.10. The molecule has 2 N–H and O–H groups in total. The molecule has 1 saturated heterocycles. The van der Waals surface area contributed by atoms with E-state index in [0.29, 0.717) is 15.7 Å². The zero-order valence-electron chi connectivity index (χ0n) is 9.31. The predicted molar refractivity (Wildman–Crippen MR) is 68.3 cm³/mol. The molecule has 17 heavy (non-hydrogen) atoms. The van der Waals surface area contributed by atoms with Gasteiger partial charge in [0.05, 0.1) is 5.69 Å². The number of anilines is 1. The number of rotatable bonds is 2. The van der Waals surface area contributed by atoms with E-state index in [0.717, 1.165) is 18.7 Å². The molecule has 0 saturated carbocycles. The van der Waals surface area contributed by atoms with Gasteiger partial charge >= 0.3 is 0 Å². The molecule has 0 aromatic heterocycles. The number of carbonyl (C=O) groups is 1. The second-order valence-corrected chi connectivity index (χ2v) is 4.76. The Labute approximate surface area is 107 Å². The van der Waals surface area contributed by atoms with Crippen molar-refractivity contribution < 1.29 is 9.18 Å². The van der Waals surface area contributed by atoms with Crippen LogP contribution >= 0.6 is 15.9 Å². The first-order valence-corrected chi connectivity index (χ1v) is 6.03. The summed E-state index contributed by atoms with van der Waals surface area (Å²) in [5.41, 5.74) is 2.23. The van der Waals surface area contributed by atoms with Crippen molar-refractivity contribution in [1.29, 1.82) is 0 Å². The van der Waals surface area contributed by atoms with E-state index >= 15 is 0 Å². The molecule has 0 aliphatic carbocycles. The SMILES string of the molecule is CC(C(=O)Nc1cc(F)ccc1Br)=C1CNC1. The first-order chi connectivity index (χ1) is 8.08. The molecular weight excluding hydrogens is 287 g/mol. The van der Waals surface area contributed by atoms with Gasteiger partial charge in [-0.25, -0.2) is 4.39 Å². The van der Waals surface area contributed by atoms with E-state index in [1.54, 1.807) is 13.0 Å². The van der Waals surface area contributed by atoms with Crippen molar-refractivity contribution in [2.75, 3.05) is 18.4 Å². The summed E-state index contributed by atoms with van der Waals surface area (Å²) < 4.78 is 13.7. The molecule has 1 aromatic carbocycles. The minimum Gasteiger partial charge on any atom is -0.321 e. The van der Waals surface area contributed by atoms with Gasteiger partial charge in [-0.05, 0) is 46.6 Å². The summed E-state index contributed by atoms with van der Waals surface area (Å²) in [6.07, 6.45) is 0. The molecule has 1 amide bonds. The summed E-state index contributed by atoms with van der Waals surface area (Å²) in [5, 5.41) is 5.76. The zero-order valence-corrected chi connectivity index (χ0v) is 10.9. The molecule has 1 aromatic rings. The maximum Gasteiger partial charge on any atom is 0.251 e. The minimum absolute atomic E-state index is 0.187. The summed E-state index contributed by atoms with van der Waals surface area (Å²) in [7, 11) is 0. The Morgan fingerprint density at radius 3 is 2.76 bits per heavy atom. The van der Waals surface area contributed by atoms with Crippen molar-refractivity contribution in [3.05, 3.63) is 39.6 Å². The van der Waals surface area contributed by atoms with Crippen LogP contribution in [0.2, 0.25) is 0 Å². The number of halogens is 2. The summed E-state index contributed by atoms with van der Waals surface area (Å²) in [6, 6.07) is 4.19. The monoisotopic (exact) mass is 298 g/mol. The van der Waals surface area contributed by atoms with Gasteiger partial charge < -0.3 is 10.6 Å². The fraction of sp³-hybridized carbons (Fsp3) is 0.250. The smallest absolute Gasteiger partial charge is 0.251 e. The molecule has 3 nitrogen and oxygen atoms in total. The number of carbonyl (C=O) groups excluding carboxylic acids is 1. The van der Waals surface area contributed by atoms with Crippen LogP contribution in [0.3, 0.4) is 0 Å². The quantitative estimate of drug-likeness (QED) is 0.824. The van der Waals surface area contributed by atoms with Crippen molar-refractivity contribution in [1.82, 2.24) is 5.32 Å². The highest BCUT2D eigenvalue weighted by Crippen LogP contribution is 2.24. The fourth-order valence-electron chi connectivity index (χ4n) is 1.49. The molecule has 0 bridgehead atoms. The lowest BCUT2D eigenvalue weighted by Crippen LogP contribution is -2.36.